The lowest BCUT2D eigenvalue weighted by Crippen LogP contribution is -2.53. The molecule has 0 bridgehead atoms. The molecule has 0 unspecified atom stereocenters. The summed E-state index contributed by atoms with van der Waals surface area (Å²) in [4.78, 5) is 50.1. The molecule has 8 heteroatoms. The molecule has 3 rings (SSSR count). The van der Waals surface area contributed by atoms with Crippen molar-refractivity contribution in [3.8, 4) is 0 Å². The number of carbonyl (C=O) groups is 4. The average molecular weight is 316 g/mol. The highest BCUT2D eigenvalue weighted by molar-refractivity contribution is 6.05. The normalized spacial score (nSPS) is 20.1. The van der Waals surface area contributed by atoms with E-state index >= 15 is 0 Å². The Labute approximate surface area is 132 Å². The van der Waals surface area contributed by atoms with E-state index in [-0.39, 0.29) is 12.5 Å². The SMILES string of the molecule is CC(=O)N1c2ccccc2C[C@H]1C(=O)NN1CC(=O)N(C)C1=O. The molecule has 23 heavy (non-hydrogen) atoms. The van der Waals surface area contributed by atoms with E-state index in [0.29, 0.717) is 12.1 Å². The molecule has 1 atom stereocenters. The van der Waals surface area contributed by atoms with Crippen LogP contribution in [0.4, 0.5) is 10.5 Å². The molecule has 1 aromatic carbocycles. The van der Waals surface area contributed by atoms with Gasteiger partial charge in [-0.15, -0.1) is 0 Å². The van der Waals surface area contributed by atoms with E-state index in [0.717, 1.165) is 15.5 Å². The number of para-hydroxylation sites is 1. The fourth-order valence-corrected chi connectivity index (χ4v) is 2.88. The third-order valence-electron chi connectivity index (χ3n) is 4.05. The first kappa shape index (κ1) is 15.0. The van der Waals surface area contributed by atoms with Crippen molar-refractivity contribution in [3.63, 3.8) is 0 Å². The largest absolute Gasteiger partial charge is 0.345 e. The van der Waals surface area contributed by atoms with Gasteiger partial charge in [0, 0.05) is 26.1 Å². The van der Waals surface area contributed by atoms with Crippen LogP contribution in [-0.4, -0.2) is 53.3 Å². The number of hydrogen-bond donors (Lipinski definition) is 1. The Kier molecular flexibility index (Phi) is 3.51. The third kappa shape index (κ3) is 2.41. The number of urea groups is 1. The molecule has 2 aliphatic rings. The van der Waals surface area contributed by atoms with Crippen LogP contribution in [0.25, 0.3) is 0 Å². The molecule has 0 radical (unpaired) electrons. The van der Waals surface area contributed by atoms with Gasteiger partial charge in [0.1, 0.15) is 12.6 Å². The molecule has 1 saturated heterocycles. The van der Waals surface area contributed by atoms with Gasteiger partial charge in [0.15, 0.2) is 0 Å². The van der Waals surface area contributed by atoms with Crippen LogP contribution in [0.3, 0.4) is 0 Å². The zero-order valence-electron chi connectivity index (χ0n) is 12.8. The van der Waals surface area contributed by atoms with E-state index in [1.54, 1.807) is 12.1 Å². The van der Waals surface area contributed by atoms with Crippen LogP contribution in [-0.2, 0) is 20.8 Å². The molecule has 8 nitrogen and oxygen atoms in total. The monoisotopic (exact) mass is 316 g/mol. The van der Waals surface area contributed by atoms with Crippen molar-refractivity contribution in [2.45, 2.75) is 19.4 Å². The summed E-state index contributed by atoms with van der Waals surface area (Å²) in [6.07, 6.45) is 0.368. The Bertz CT molecular complexity index is 717. The minimum atomic E-state index is -0.737. The summed E-state index contributed by atoms with van der Waals surface area (Å²) in [5.74, 6) is -1.14. The summed E-state index contributed by atoms with van der Waals surface area (Å²) >= 11 is 0. The Hall–Kier alpha value is -2.90. The fraction of sp³-hybridized carbons (Fsp3) is 0.333. The second-order valence-corrected chi connectivity index (χ2v) is 5.54. The summed E-state index contributed by atoms with van der Waals surface area (Å²) < 4.78 is 0. The van der Waals surface area contributed by atoms with Gasteiger partial charge in [0.05, 0.1) is 0 Å². The molecule has 2 heterocycles. The highest BCUT2D eigenvalue weighted by Crippen LogP contribution is 2.32. The number of carbonyl (C=O) groups excluding carboxylic acids is 4. The van der Waals surface area contributed by atoms with Crippen molar-refractivity contribution in [1.29, 1.82) is 0 Å². The zero-order chi connectivity index (χ0) is 16.7. The summed E-state index contributed by atoms with van der Waals surface area (Å²) in [7, 11) is 1.35. The van der Waals surface area contributed by atoms with Gasteiger partial charge >= 0.3 is 6.03 Å². The molecular formula is C15H16N4O4. The van der Waals surface area contributed by atoms with Crippen molar-refractivity contribution in [3.05, 3.63) is 29.8 Å². The quantitative estimate of drug-likeness (QED) is 0.771. The van der Waals surface area contributed by atoms with Crippen LogP contribution in [0, 0.1) is 0 Å². The van der Waals surface area contributed by atoms with Crippen molar-refractivity contribution < 1.29 is 19.2 Å². The van der Waals surface area contributed by atoms with Gasteiger partial charge in [-0.1, -0.05) is 18.2 Å². The average Bonchev–Trinajstić information content (AvgIpc) is 3.01. The number of amides is 5. The number of hydrogen-bond acceptors (Lipinski definition) is 4. The Morgan fingerprint density at radius 2 is 1.91 bits per heavy atom. The van der Waals surface area contributed by atoms with E-state index in [4.69, 9.17) is 0 Å². The Morgan fingerprint density at radius 3 is 2.52 bits per heavy atom. The predicted molar refractivity (Wildman–Crippen MR) is 80.1 cm³/mol. The predicted octanol–water partition coefficient (Wildman–Crippen LogP) is -0.111. The maximum absolute atomic E-state index is 12.5. The molecule has 1 fully saturated rings. The molecule has 0 spiro atoms. The second kappa shape index (κ2) is 5.38. The van der Waals surface area contributed by atoms with Gasteiger partial charge in [0.25, 0.3) is 11.8 Å². The highest BCUT2D eigenvalue weighted by Gasteiger charge is 2.40. The second-order valence-electron chi connectivity index (χ2n) is 5.54. The highest BCUT2D eigenvalue weighted by atomic mass is 16.2. The van der Waals surface area contributed by atoms with Crippen molar-refractivity contribution in [2.24, 2.45) is 0 Å². The molecule has 1 aromatic rings. The third-order valence-corrected chi connectivity index (χ3v) is 4.05. The lowest BCUT2D eigenvalue weighted by molar-refractivity contribution is -0.128. The van der Waals surface area contributed by atoms with Gasteiger partial charge in [-0.3, -0.25) is 29.6 Å². The molecular weight excluding hydrogens is 300 g/mol. The van der Waals surface area contributed by atoms with Crippen LogP contribution < -0.4 is 10.3 Å². The van der Waals surface area contributed by atoms with Crippen LogP contribution in [0.2, 0.25) is 0 Å². The van der Waals surface area contributed by atoms with Crippen molar-refractivity contribution in [1.82, 2.24) is 15.3 Å². The first-order valence-electron chi connectivity index (χ1n) is 7.16. The zero-order valence-corrected chi connectivity index (χ0v) is 12.8. The number of anilines is 1. The number of nitrogens with zero attached hydrogens (tertiary/aromatic N) is 3. The number of nitrogens with one attached hydrogen (secondary N) is 1. The number of benzene rings is 1. The number of rotatable bonds is 2. The lowest BCUT2D eigenvalue weighted by atomic mass is 10.1. The summed E-state index contributed by atoms with van der Waals surface area (Å²) in [6.45, 7) is 1.18. The maximum Gasteiger partial charge on any atom is 0.345 e. The minimum absolute atomic E-state index is 0.208. The van der Waals surface area contributed by atoms with E-state index in [2.05, 4.69) is 5.43 Å². The van der Waals surface area contributed by atoms with Crippen LogP contribution in [0.1, 0.15) is 12.5 Å². The smallest absolute Gasteiger partial charge is 0.299 e. The van der Waals surface area contributed by atoms with Gasteiger partial charge in [-0.05, 0) is 11.6 Å². The number of fused-ring (bicyclic) bond motifs is 1. The van der Waals surface area contributed by atoms with Crippen molar-refractivity contribution >= 4 is 29.4 Å². The van der Waals surface area contributed by atoms with Crippen molar-refractivity contribution in [2.75, 3.05) is 18.5 Å². The van der Waals surface area contributed by atoms with Crippen LogP contribution in [0.5, 0.6) is 0 Å². The van der Waals surface area contributed by atoms with Gasteiger partial charge < -0.3 is 0 Å². The van der Waals surface area contributed by atoms with Gasteiger partial charge in [0.2, 0.25) is 5.91 Å². The van der Waals surface area contributed by atoms with E-state index in [1.807, 2.05) is 12.1 Å². The fourth-order valence-electron chi connectivity index (χ4n) is 2.88. The number of imide groups is 1. The first-order chi connectivity index (χ1) is 10.9. The minimum Gasteiger partial charge on any atom is -0.299 e. The topological polar surface area (TPSA) is 90.0 Å². The first-order valence-corrected chi connectivity index (χ1v) is 7.16. The summed E-state index contributed by atoms with van der Waals surface area (Å²) in [6, 6.07) is 5.95. The van der Waals surface area contributed by atoms with Crippen LogP contribution >= 0.6 is 0 Å². The lowest BCUT2D eigenvalue weighted by Gasteiger charge is -2.25. The molecule has 0 saturated carbocycles. The molecule has 0 aliphatic carbocycles. The molecule has 2 aliphatic heterocycles. The summed E-state index contributed by atoms with van der Waals surface area (Å²) in [5.41, 5.74) is 4.03. The summed E-state index contributed by atoms with van der Waals surface area (Å²) in [5, 5.41) is 0.964. The van der Waals surface area contributed by atoms with E-state index in [9.17, 15) is 19.2 Å². The Morgan fingerprint density at radius 1 is 1.22 bits per heavy atom. The van der Waals surface area contributed by atoms with Gasteiger partial charge in [-0.2, -0.15) is 0 Å². The van der Waals surface area contributed by atoms with Crippen LogP contribution in [0.15, 0.2) is 24.3 Å². The molecule has 120 valence electrons. The molecule has 5 amide bonds. The molecule has 0 aromatic heterocycles. The van der Waals surface area contributed by atoms with E-state index < -0.39 is 23.9 Å². The van der Waals surface area contributed by atoms with Gasteiger partial charge in [-0.25, -0.2) is 9.80 Å². The Balaban J connectivity index is 1.79. The van der Waals surface area contributed by atoms with E-state index in [1.165, 1.54) is 18.9 Å². The molecule has 1 N–H and O–H groups in total. The standard InChI is InChI=1S/C15H16N4O4/c1-9(20)19-11-6-4-3-5-10(11)7-12(19)14(22)16-18-8-13(21)17(2)15(18)23/h3-6,12H,7-8H2,1-2H3,(H,16,22)/t12-/m0/s1. The maximum atomic E-state index is 12.5. The number of likely N-dealkylation sites (N-methyl/N-ethyl adjacent to an activating group) is 1. The number of hydrazine groups is 1.